The average Bonchev–Trinajstić information content (AvgIpc) is 2.59. The van der Waals surface area contributed by atoms with Crippen molar-refractivity contribution >= 4 is 31.9 Å². The molecule has 1 amide bonds. The summed E-state index contributed by atoms with van der Waals surface area (Å²) in [5, 5.41) is 2.77. The van der Waals surface area contributed by atoms with Gasteiger partial charge in [-0.1, -0.05) is 22.0 Å². The standard InChI is InChI=1S/C16H22BrN3O3S/c1-3-8-18-16(21)13(2)19-9-11-20(12-10-19)24(22,23)15-6-4-14(17)5-7-15/h3-7,13H,1,8-12H2,2H3,(H,18,21)/t13-/m1/s1. The van der Waals surface area contributed by atoms with Gasteiger partial charge in [-0.3, -0.25) is 9.69 Å². The van der Waals surface area contributed by atoms with E-state index in [9.17, 15) is 13.2 Å². The molecule has 1 atom stereocenters. The Morgan fingerprint density at radius 1 is 1.29 bits per heavy atom. The Balaban J connectivity index is 1.98. The maximum atomic E-state index is 12.7. The molecule has 1 aromatic rings. The van der Waals surface area contributed by atoms with Crippen LogP contribution in [0.25, 0.3) is 0 Å². The molecule has 2 rings (SSSR count). The molecule has 24 heavy (non-hydrogen) atoms. The van der Waals surface area contributed by atoms with E-state index >= 15 is 0 Å². The topological polar surface area (TPSA) is 69.7 Å². The number of hydrogen-bond donors (Lipinski definition) is 1. The maximum Gasteiger partial charge on any atom is 0.243 e. The van der Waals surface area contributed by atoms with Crippen LogP contribution in [-0.2, 0) is 14.8 Å². The van der Waals surface area contributed by atoms with Gasteiger partial charge >= 0.3 is 0 Å². The molecule has 0 saturated carbocycles. The predicted octanol–water partition coefficient (Wildman–Crippen LogP) is 1.45. The van der Waals surface area contributed by atoms with Gasteiger partial charge in [0.25, 0.3) is 0 Å². The molecule has 0 unspecified atom stereocenters. The fourth-order valence-electron chi connectivity index (χ4n) is 2.57. The Kier molecular flexibility index (Phi) is 6.56. The molecule has 0 aromatic heterocycles. The Morgan fingerprint density at radius 2 is 1.88 bits per heavy atom. The van der Waals surface area contributed by atoms with E-state index in [1.807, 2.05) is 11.8 Å². The summed E-state index contributed by atoms with van der Waals surface area (Å²) in [4.78, 5) is 14.3. The van der Waals surface area contributed by atoms with E-state index in [1.54, 1.807) is 30.3 Å². The normalized spacial score (nSPS) is 18.1. The van der Waals surface area contributed by atoms with Gasteiger partial charge in [0.05, 0.1) is 10.9 Å². The van der Waals surface area contributed by atoms with Gasteiger partial charge < -0.3 is 5.32 Å². The molecule has 0 spiro atoms. The van der Waals surface area contributed by atoms with E-state index in [4.69, 9.17) is 0 Å². The first kappa shape index (κ1) is 19.1. The molecule has 0 radical (unpaired) electrons. The zero-order valence-electron chi connectivity index (χ0n) is 13.6. The Morgan fingerprint density at radius 3 is 2.42 bits per heavy atom. The molecular formula is C16H22BrN3O3S. The average molecular weight is 416 g/mol. The lowest BCUT2D eigenvalue weighted by atomic mass is 10.2. The van der Waals surface area contributed by atoms with Crippen LogP contribution in [0.3, 0.4) is 0 Å². The zero-order chi connectivity index (χ0) is 17.7. The summed E-state index contributed by atoms with van der Waals surface area (Å²) in [5.41, 5.74) is 0. The van der Waals surface area contributed by atoms with Crippen LogP contribution < -0.4 is 5.32 Å². The molecular weight excluding hydrogens is 394 g/mol. The van der Waals surface area contributed by atoms with Gasteiger partial charge in [-0.05, 0) is 31.2 Å². The molecule has 1 N–H and O–H groups in total. The predicted molar refractivity (Wildman–Crippen MR) is 97.1 cm³/mol. The van der Waals surface area contributed by atoms with Crippen molar-refractivity contribution in [1.29, 1.82) is 0 Å². The third-order valence-corrected chi connectivity index (χ3v) is 6.51. The molecule has 1 aromatic carbocycles. The van der Waals surface area contributed by atoms with Crippen LogP contribution in [0, 0.1) is 0 Å². The first-order chi connectivity index (χ1) is 11.4. The van der Waals surface area contributed by atoms with Crippen LogP contribution in [0.5, 0.6) is 0 Å². The summed E-state index contributed by atoms with van der Waals surface area (Å²) >= 11 is 3.30. The second-order valence-electron chi connectivity index (χ2n) is 5.60. The number of carbonyl (C=O) groups excluding carboxylic acids is 1. The molecule has 6 nitrogen and oxygen atoms in total. The lowest BCUT2D eigenvalue weighted by Crippen LogP contribution is -2.54. The van der Waals surface area contributed by atoms with Gasteiger partial charge in [-0.2, -0.15) is 4.31 Å². The molecule has 0 bridgehead atoms. The van der Waals surface area contributed by atoms with E-state index in [1.165, 1.54) is 4.31 Å². The highest BCUT2D eigenvalue weighted by atomic mass is 79.9. The van der Waals surface area contributed by atoms with Gasteiger partial charge in [0, 0.05) is 37.2 Å². The minimum absolute atomic E-state index is 0.0703. The SMILES string of the molecule is C=CCNC(=O)[C@@H](C)N1CCN(S(=O)(=O)c2ccc(Br)cc2)CC1. The third-order valence-electron chi connectivity index (χ3n) is 4.07. The van der Waals surface area contributed by atoms with Crippen LogP contribution in [0.15, 0.2) is 46.3 Å². The third kappa shape index (κ3) is 4.44. The Labute approximate surface area is 151 Å². The van der Waals surface area contributed by atoms with Crippen LogP contribution in [0.2, 0.25) is 0 Å². The highest BCUT2D eigenvalue weighted by molar-refractivity contribution is 9.10. The van der Waals surface area contributed by atoms with Gasteiger partial charge in [0.1, 0.15) is 0 Å². The Bertz CT molecular complexity index is 683. The summed E-state index contributed by atoms with van der Waals surface area (Å²) in [5.74, 6) is -0.0703. The number of carbonyl (C=O) groups is 1. The monoisotopic (exact) mass is 415 g/mol. The molecule has 1 saturated heterocycles. The van der Waals surface area contributed by atoms with Crippen molar-refractivity contribution in [2.75, 3.05) is 32.7 Å². The number of nitrogens with zero attached hydrogens (tertiary/aromatic N) is 2. The van der Waals surface area contributed by atoms with Crippen molar-refractivity contribution in [1.82, 2.24) is 14.5 Å². The summed E-state index contributed by atoms with van der Waals surface area (Å²) in [6.45, 7) is 7.63. The smallest absolute Gasteiger partial charge is 0.243 e. The van der Waals surface area contributed by atoms with Crippen molar-refractivity contribution in [3.63, 3.8) is 0 Å². The molecule has 1 fully saturated rings. The van der Waals surface area contributed by atoms with Gasteiger partial charge in [0.2, 0.25) is 15.9 Å². The number of benzene rings is 1. The fraction of sp³-hybridized carbons (Fsp3) is 0.438. The van der Waals surface area contributed by atoms with Crippen LogP contribution in [-0.4, -0.2) is 62.3 Å². The van der Waals surface area contributed by atoms with Crippen LogP contribution >= 0.6 is 15.9 Å². The zero-order valence-corrected chi connectivity index (χ0v) is 16.0. The quantitative estimate of drug-likeness (QED) is 0.713. The summed E-state index contributed by atoms with van der Waals surface area (Å²) < 4.78 is 27.6. The highest BCUT2D eigenvalue weighted by Gasteiger charge is 2.31. The molecule has 1 heterocycles. The lowest BCUT2D eigenvalue weighted by Gasteiger charge is -2.36. The maximum absolute atomic E-state index is 12.7. The molecule has 1 aliphatic rings. The molecule has 8 heteroatoms. The minimum Gasteiger partial charge on any atom is -0.351 e. The van der Waals surface area contributed by atoms with Gasteiger partial charge in [-0.25, -0.2) is 8.42 Å². The summed E-state index contributed by atoms with van der Waals surface area (Å²) in [7, 11) is -3.49. The van der Waals surface area contributed by atoms with E-state index in [-0.39, 0.29) is 16.8 Å². The van der Waals surface area contributed by atoms with Crippen molar-refractivity contribution in [2.45, 2.75) is 17.9 Å². The first-order valence-corrected chi connectivity index (χ1v) is 9.98. The first-order valence-electron chi connectivity index (χ1n) is 7.74. The fourth-order valence-corrected chi connectivity index (χ4v) is 4.26. The van der Waals surface area contributed by atoms with Crippen molar-refractivity contribution < 1.29 is 13.2 Å². The molecule has 0 aliphatic carbocycles. The van der Waals surface area contributed by atoms with E-state index < -0.39 is 10.0 Å². The summed E-state index contributed by atoms with van der Waals surface area (Å²) in [6.07, 6.45) is 1.63. The number of hydrogen-bond acceptors (Lipinski definition) is 4. The molecule has 1 aliphatic heterocycles. The van der Waals surface area contributed by atoms with Crippen LogP contribution in [0.4, 0.5) is 0 Å². The van der Waals surface area contributed by atoms with E-state index in [2.05, 4.69) is 27.8 Å². The number of amides is 1. The number of piperazine rings is 1. The lowest BCUT2D eigenvalue weighted by molar-refractivity contribution is -0.126. The van der Waals surface area contributed by atoms with Crippen molar-refractivity contribution in [3.8, 4) is 0 Å². The largest absolute Gasteiger partial charge is 0.351 e. The highest BCUT2D eigenvalue weighted by Crippen LogP contribution is 2.20. The Hall–Kier alpha value is -1.22. The number of nitrogens with one attached hydrogen (secondary N) is 1. The van der Waals surface area contributed by atoms with E-state index in [0.29, 0.717) is 32.7 Å². The minimum atomic E-state index is -3.49. The van der Waals surface area contributed by atoms with Crippen molar-refractivity contribution in [2.24, 2.45) is 0 Å². The van der Waals surface area contributed by atoms with Gasteiger partial charge in [0.15, 0.2) is 0 Å². The van der Waals surface area contributed by atoms with Crippen LogP contribution in [0.1, 0.15) is 6.92 Å². The number of rotatable bonds is 6. The number of sulfonamides is 1. The van der Waals surface area contributed by atoms with Crippen molar-refractivity contribution in [3.05, 3.63) is 41.4 Å². The second kappa shape index (κ2) is 8.24. The number of halogens is 1. The van der Waals surface area contributed by atoms with Gasteiger partial charge in [-0.15, -0.1) is 6.58 Å². The summed E-state index contributed by atoms with van der Waals surface area (Å²) in [6, 6.07) is 6.33. The van der Waals surface area contributed by atoms with E-state index in [0.717, 1.165) is 4.47 Å². The second-order valence-corrected chi connectivity index (χ2v) is 8.46. The molecule has 132 valence electrons.